The third-order valence-electron chi connectivity index (χ3n) is 4.04. The Morgan fingerprint density at radius 1 is 1.42 bits per heavy atom. The fourth-order valence-electron chi connectivity index (χ4n) is 3.04. The molecule has 3 rings (SSSR count). The molecule has 2 atom stereocenters. The molecule has 8 heteroatoms. The predicted molar refractivity (Wildman–Crippen MR) is 91.6 cm³/mol. The number of rotatable bonds is 3. The van der Waals surface area contributed by atoms with Crippen molar-refractivity contribution < 1.29 is 9.47 Å². The minimum absolute atomic E-state index is 0.0347. The first kappa shape index (κ1) is 16.9. The van der Waals surface area contributed by atoms with E-state index in [2.05, 4.69) is 15.1 Å². The van der Waals surface area contributed by atoms with Gasteiger partial charge in [0.15, 0.2) is 5.65 Å². The standard InChI is InChI=1S/C16H25N5O3/c1-10-7-20(8-11(24-10)9-23-5)15-18-13-12(14(22)19-15)6-17-21(13)16(2,3)4/h6,10-11H,7-9H2,1-5H3,(H,18,19,22). The number of nitrogens with one attached hydrogen (secondary N) is 1. The highest BCUT2D eigenvalue weighted by molar-refractivity contribution is 5.74. The number of morpholine rings is 1. The van der Waals surface area contributed by atoms with Crippen molar-refractivity contribution in [3.8, 4) is 0 Å². The number of H-pyrrole nitrogens is 1. The fourth-order valence-corrected chi connectivity index (χ4v) is 3.04. The van der Waals surface area contributed by atoms with E-state index in [1.165, 1.54) is 0 Å². The molecule has 24 heavy (non-hydrogen) atoms. The van der Waals surface area contributed by atoms with Crippen LogP contribution in [-0.2, 0) is 15.0 Å². The van der Waals surface area contributed by atoms with Crippen LogP contribution in [0.4, 0.5) is 5.95 Å². The normalized spacial score (nSPS) is 22.3. The molecule has 132 valence electrons. The lowest BCUT2D eigenvalue weighted by Gasteiger charge is -2.36. The fraction of sp³-hybridized carbons (Fsp3) is 0.688. The van der Waals surface area contributed by atoms with Crippen LogP contribution < -0.4 is 10.5 Å². The summed E-state index contributed by atoms with van der Waals surface area (Å²) in [5.41, 5.74) is 0.174. The lowest BCUT2D eigenvalue weighted by Crippen LogP contribution is -2.49. The van der Waals surface area contributed by atoms with Crippen LogP contribution in [0.15, 0.2) is 11.0 Å². The number of fused-ring (bicyclic) bond motifs is 1. The van der Waals surface area contributed by atoms with Gasteiger partial charge in [0.25, 0.3) is 5.56 Å². The topological polar surface area (TPSA) is 85.3 Å². The third kappa shape index (κ3) is 3.16. The minimum Gasteiger partial charge on any atom is -0.382 e. The van der Waals surface area contributed by atoms with Gasteiger partial charge in [-0.3, -0.25) is 9.78 Å². The zero-order valence-corrected chi connectivity index (χ0v) is 14.9. The number of ether oxygens (including phenoxy) is 2. The van der Waals surface area contributed by atoms with Gasteiger partial charge < -0.3 is 14.4 Å². The number of hydrogen-bond acceptors (Lipinski definition) is 6. The number of methoxy groups -OCH3 is 1. The van der Waals surface area contributed by atoms with Crippen molar-refractivity contribution in [2.45, 2.75) is 45.4 Å². The van der Waals surface area contributed by atoms with Crippen LogP contribution in [0, 0.1) is 0 Å². The molecule has 2 aromatic heterocycles. The first-order chi connectivity index (χ1) is 11.3. The molecule has 3 heterocycles. The molecule has 1 aliphatic rings. The van der Waals surface area contributed by atoms with Crippen molar-refractivity contribution in [2.24, 2.45) is 0 Å². The van der Waals surface area contributed by atoms with Gasteiger partial charge in [0.1, 0.15) is 5.39 Å². The molecule has 0 aliphatic carbocycles. The van der Waals surface area contributed by atoms with Crippen LogP contribution in [0.5, 0.6) is 0 Å². The van der Waals surface area contributed by atoms with Crippen LogP contribution in [0.3, 0.4) is 0 Å². The maximum atomic E-state index is 12.4. The van der Waals surface area contributed by atoms with E-state index in [1.54, 1.807) is 18.0 Å². The second-order valence-corrected chi connectivity index (χ2v) is 7.28. The van der Waals surface area contributed by atoms with Crippen molar-refractivity contribution in [1.29, 1.82) is 0 Å². The lowest BCUT2D eigenvalue weighted by atomic mass is 10.1. The van der Waals surface area contributed by atoms with Crippen LogP contribution in [-0.4, -0.2) is 58.8 Å². The summed E-state index contributed by atoms with van der Waals surface area (Å²) in [6.45, 7) is 9.90. The Kier molecular flexibility index (Phi) is 4.35. The van der Waals surface area contributed by atoms with Crippen molar-refractivity contribution in [1.82, 2.24) is 19.7 Å². The lowest BCUT2D eigenvalue weighted by molar-refractivity contribution is -0.0514. The van der Waals surface area contributed by atoms with Gasteiger partial charge in [-0.25, -0.2) is 4.68 Å². The number of hydrogen-bond donors (Lipinski definition) is 1. The Labute approximate surface area is 140 Å². The molecule has 0 radical (unpaired) electrons. The first-order valence-corrected chi connectivity index (χ1v) is 8.17. The van der Waals surface area contributed by atoms with E-state index in [1.807, 2.05) is 32.6 Å². The van der Waals surface area contributed by atoms with E-state index in [9.17, 15) is 4.79 Å². The summed E-state index contributed by atoms with van der Waals surface area (Å²) in [4.78, 5) is 22.0. The van der Waals surface area contributed by atoms with Crippen LogP contribution in [0.1, 0.15) is 27.7 Å². The molecule has 8 nitrogen and oxygen atoms in total. The van der Waals surface area contributed by atoms with Gasteiger partial charge >= 0.3 is 0 Å². The SMILES string of the molecule is COCC1CN(c2nc3c(cnn3C(C)(C)C)c(=O)[nH]2)CC(C)O1. The molecule has 0 saturated carbocycles. The Morgan fingerprint density at radius 2 is 2.17 bits per heavy atom. The highest BCUT2D eigenvalue weighted by Crippen LogP contribution is 2.21. The highest BCUT2D eigenvalue weighted by Gasteiger charge is 2.28. The van der Waals surface area contributed by atoms with Crippen molar-refractivity contribution in [3.63, 3.8) is 0 Å². The van der Waals surface area contributed by atoms with E-state index in [0.717, 1.165) is 0 Å². The predicted octanol–water partition coefficient (Wildman–Crippen LogP) is 1.11. The Balaban J connectivity index is 2.02. The van der Waals surface area contributed by atoms with Crippen LogP contribution >= 0.6 is 0 Å². The summed E-state index contributed by atoms with van der Waals surface area (Å²) in [6.07, 6.45) is 1.56. The summed E-state index contributed by atoms with van der Waals surface area (Å²) < 4.78 is 12.8. The van der Waals surface area contributed by atoms with Gasteiger partial charge in [-0.15, -0.1) is 0 Å². The number of aromatic nitrogens is 4. The van der Waals surface area contributed by atoms with Gasteiger partial charge in [-0.1, -0.05) is 0 Å². The molecular formula is C16H25N5O3. The zero-order valence-electron chi connectivity index (χ0n) is 14.9. The molecule has 1 saturated heterocycles. The summed E-state index contributed by atoms with van der Waals surface area (Å²) >= 11 is 0. The average Bonchev–Trinajstić information content (AvgIpc) is 2.91. The van der Waals surface area contributed by atoms with E-state index in [4.69, 9.17) is 9.47 Å². The van der Waals surface area contributed by atoms with E-state index in [0.29, 0.717) is 36.7 Å². The van der Waals surface area contributed by atoms with Gasteiger partial charge in [-0.2, -0.15) is 10.1 Å². The van der Waals surface area contributed by atoms with Crippen LogP contribution in [0.25, 0.3) is 11.0 Å². The Hall–Kier alpha value is -1.93. The second-order valence-electron chi connectivity index (χ2n) is 7.28. The molecular weight excluding hydrogens is 310 g/mol. The van der Waals surface area contributed by atoms with E-state index in [-0.39, 0.29) is 23.3 Å². The molecule has 0 aromatic carbocycles. The largest absolute Gasteiger partial charge is 0.382 e. The number of nitrogens with zero attached hydrogens (tertiary/aromatic N) is 4. The molecule has 1 N–H and O–H groups in total. The summed E-state index contributed by atoms with van der Waals surface area (Å²) in [6, 6.07) is 0. The monoisotopic (exact) mass is 335 g/mol. The van der Waals surface area contributed by atoms with Gasteiger partial charge in [0.2, 0.25) is 5.95 Å². The maximum absolute atomic E-state index is 12.4. The molecule has 1 fully saturated rings. The Bertz CT molecular complexity index is 776. The second kappa shape index (κ2) is 6.18. The van der Waals surface area contributed by atoms with Crippen molar-refractivity contribution in [3.05, 3.63) is 16.6 Å². The minimum atomic E-state index is -0.253. The van der Waals surface area contributed by atoms with Gasteiger partial charge in [0.05, 0.1) is 30.6 Å². The summed E-state index contributed by atoms with van der Waals surface area (Å²) in [5, 5.41) is 4.85. The molecule has 0 amide bonds. The van der Waals surface area contributed by atoms with Crippen molar-refractivity contribution in [2.75, 3.05) is 31.7 Å². The van der Waals surface area contributed by atoms with Crippen LogP contribution in [0.2, 0.25) is 0 Å². The maximum Gasteiger partial charge on any atom is 0.263 e. The summed E-state index contributed by atoms with van der Waals surface area (Å²) in [5.74, 6) is 0.551. The van der Waals surface area contributed by atoms with E-state index >= 15 is 0 Å². The Morgan fingerprint density at radius 3 is 2.83 bits per heavy atom. The van der Waals surface area contributed by atoms with Gasteiger partial charge in [0, 0.05) is 20.2 Å². The van der Waals surface area contributed by atoms with Gasteiger partial charge in [-0.05, 0) is 27.7 Å². The first-order valence-electron chi connectivity index (χ1n) is 8.17. The molecule has 1 aliphatic heterocycles. The summed E-state index contributed by atoms with van der Waals surface area (Å²) in [7, 11) is 1.65. The average molecular weight is 335 g/mol. The molecule has 2 unspecified atom stereocenters. The third-order valence-corrected chi connectivity index (χ3v) is 4.04. The smallest absolute Gasteiger partial charge is 0.263 e. The molecule has 0 spiro atoms. The zero-order chi connectivity index (χ0) is 17.5. The molecule has 0 bridgehead atoms. The van der Waals surface area contributed by atoms with Crippen molar-refractivity contribution >= 4 is 17.0 Å². The molecule has 2 aromatic rings. The highest BCUT2D eigenvalue weighted by atomic mass is 16.5. The number of anilines is 1. The quantitative estimate of drug-likeness (QED) is 0.904. The number of aromatic amines is 1. The van der Waals surface area contributed by atoms with E-state index < -0.39 is 0 Å².